The largest absolute Gasteiger partial charge is 0.458 e. The molecule has 1 aromatic rings. The van der Waals surface area contributed by atoms with E-state index in [1.54, 1.807) is 12.1 Å². The number of hydrogen-bond donors (Lipinski definition) is 1. The first-order valence-corrected chi connectivity index (χ1v) is 18.9. The van der Waals surface area contributed by atoms with Crippen molar-refractivity contribution in [1.82, 2.24) is 0 Å². The van der Waals surface area contributed by atoms with Crippen LogP contribution in [0.3, 0.4) is 0 Å². The minimum atomic E-state index is -2.09. The van der Waals surface area contributed by atoms with Gasteiger partial charge in [-0.25, -0.2) is 4.79 Å². The molecular weight excluding hydrogens is 560 g/mol. The zero-order valence-corrected chi connectivity index (χ0v) is 28.4. The Hall–Kier alpha value is -2.00. The number of fused-ring (bicyclic) bond motifs is 5. The molecule has 1 aromatic carbocycles. The lowest BCUT2D eigenvalue weighted by molar-refractivity contribution is -0.324. The van der Waals surface area contributed by atoms with Gasteiger partial charge in [-0.1, -0.05) is 65.3 Å². The molecule has 8 atom stereocenters. The third-order valence-corrected chi connectivity index (χ3v) is 16.5. The van der Waals surface area contributed by atoms with Gasteiger partial charge in [0.2, 0.25) is 0 Å². The highest BCUT2D eigenvalue weighted by molar-refractivity contribution is 6.73. The summed E-state index contributed by atoms with van der Waals surface area (Å²) < 4.78 is 26.2. The van der Waals surface area contributed by atoms with Crippen molar-refractivity contribution in [2.24, 2.45) is 22.7 Å². The van der Waals surface area contributed by atoms with Crippen molar-refractivity contribution in [2.45, 2.75) is 129 Å². The number of hydrogen-bond acceptors (Lipinski definition) is 7. The number of ether oxygens (including phenoxy) is 3. The molecule has 0 amide bonds. The molecule has 1 aliphatic heterocycles. The van der Waals surface area contributed by atoms with E-state index in [9.17, 15) is 14.7 Å². The maximum absolute atomic E-state index is 14.0. The van der Waals surface area contributed by atoms with Crippen LogP contribution in [0.5, 0.6) is 0 Å². The molecule has 1 saturated heterocycles. The van der Waals surface area contributed by atoms with Gasteiger partial charge >= 0.3 is 11.9 Å². The molecule has 0 aromatic heterocycles. The summed E-state index contributed by atoms with van der Waals surface area (Å²) in [6.45, 7) is 17.1. The molecule has 4 aliphatic rings. The molecule has 1 heterocycles. The number of carbonyl (C=O) groups is 2. The lowest BCUT2D eigenvalue weighted by Crippen LogP contribution is -2.74. The van der Waals surface area contributed by atoms with Crippen LogP contribution in [0.4, 0.5) is 0 Å². The fraction of sp³-hybridized carbons (Fsp3) is 0.714. The van der Waals surface area contributed by atoms with E-state index < -0.39 is 42.9 Å². The van der Waals surface area contributed by atoms with Crippen molar-refractivity contribution in [1.29, 1.82) is 0 Å². The summed E-state index contributed by atoms with van der Waals surface area (Å²) in [4.78, 5) is 26.5. The summed E-state index contributed by atoms with van der Waals surface area (Å²) in [6.07, 6.45) is 1.13. The van der Waals surface area contributed by atoms with Gasteiger partial charge < -0.3 is 23.7 Å². The van der Waals surface area contributed by atoms with Crippen LogP contribution in [0.1, 0.15) is 91.4 Å². The second kappa shape index (κ2) is 11.7. The van der Waals surface area contributed by atoms with Gasteiger partial charge in [-0.05, 0) is 79.3 Å². The summed E-state index contributed by atoms with van der Waals surface area (Å²) in [6, 6.07) is 12.2. The molecule has 3 aliphatic carbocycles. The Morgan fingerprint density at radius 1 is 1.05 bits per heavy atom. The fourth-order valence-electron chi connectivity index (χ4n) is 9.55. The Morgan fingerprint density at radius 2 is 1.70 bits per heavy atom. The normalized spacial score (nSPS) is 36.8. The van der Waals surface area contributed by atoms with Crippen molar-refractivity contribution in [3.05, 3.63) is 47.0 Å². The van der Waals surface area contributed by atoms with E-state index in [-0.39, 0.29) is 36.7 Å². The molecule has 0 radical (unpaired) electrons. The zero-order valence-electron chi connectivity index (χ0n) is 27.4. The van der Waals surface area contributed by atoms with Crippen LogP contribution in [-0.4, -0.2) is 62.0 Å². The summed E-state index contributed by atoms with van der Waals surface area (Å²) in [5.41, 5.74) is 0.624. The molecule has 238 valence electrons. The first kappa shape index (κ1) is 32.4. The lowest BCUT2D eigenvalue weighted by Gasteiger charge is -2.65. The van der Waals surface area contributed by atoms with Crippen LogP contribution in [0.25, 0.3) is 0 Å². The zero-order chi connectivity index (χ0) is 31.4. The number of esters is 2. The molecule has 7 nitrogen and oxygen atoms in total. The van der Waals surface area contributed by atoms with E-state index in [2.05, 4.69) is 48.5 Å². The number of carbonyl (C=O) groups excluding carboxylic acids is 2. The molecule has 8 heteroatoms. The predicted molar refractivity (Wildman–Crippen MR) is 168 cm³/mol. The molecular formula is C35H52O7Si. The van der Waals surface area contributed by atoms with Gasteiger partial charge in [-0.15, -0.1) is 0 Å². The second-order valence-electron chi connectivity index (χ2n) is 14.5. The fourth-order valence-corrected chi connectivity index (χ4v) is 12.4. The Kier molecular flexibility index (Phi) is 8.84. The van der Waals surface area contributed by atoms with Gasteiger partial charge in [0.15, 0.2) is 8.32 Å². The molecule has 2 bridgehead atoms. The van der Waals surface area contributed by atoms with E-state index in [4.69, 9.17) is 18.6 Å². The second-order valence-corrected chi connectivity index (χ2v) is 19.3. The SMILES string of the molecule is CC[Si](CC)(CC)O[C@H]1CC(C)=C2[C@@H](OC(C)=O)C[C@]3(C)CC[C@H]4OC[C@@]4(O)[C@H]3[C@H](OC(=O)c3ccccc3)[C@H]1C2(C)C. The van der Waals surface area contributed by atoms with Crippen molar-refractivity contribution in [2.75, 3.05) is 6.61 Å². The van der Waals surface area contributed by atoms with Gasteiger partial charge in [0, 0.05) is 18.8 Å². The molecule has 1 N–H and O–H groups in total. The summed E-state index contributed by atoms with van der Waals surface area (Å²) in [5.74, 6) is -1.38. The van der Waals surface area contributed by atoms with Crippen LogP contribution in [0, 0.1) is 22.7 Å². The minimum absolute atomic E-state index is 0.202. The van der Waals surface area contributed by atoms with Gasteiger partial charge in [0.05, 0.1) is 24.4 Å². The minimum Gasteiger partial charge on any atom is -0.458 e. The van der Waals surface area contributed by atoms with Crippen LogP contribution in [-0.2, 0) is 23.4 Å². The quantitative estimate of drug-likeness (QED) is 0.195. The van der Waals surface area contributed by atoms with Crippen molar-refractivity contribution < 1.29 is 33.3 Å². The summed E-state index contributed by atoms with van der Waals surface area (Å²) in [7, 11) is -2.09. The van der Waals surface area contributed by atoms with Gasteiger partial charge in [0.1, 0.15) is 17.8 Å². The van der Waals surface area contributed by atoms with E-state index in [0.717, 1.165) is 30.1 Å². The van der Waals surface area contributed by atoms with E-state index in [1.165, 1.54) is 12.5 Å². The molecule has 5 rings (SSSR count). The first-order valence-electron chi connectivity index (χ1n) is 16.4. The highest BCUT2D eigenvalue weighted by Crippen LogP contribution is 2.63. The van der Waals surface area contributed by atoms with E-state index in [0.29, 0.717) is 24.8 Å². The van der Waals surface area contributed by atoms with Crippen molar-refractivity contribution in [3.8, 4) is 0 Å². The summed E-state index contributed by atoms with van der Waals surface area (Å²) in [5, 5.41) is 12.4. The number of rotatable bonds is 8. The monoisotopic (exact) mass is 612 g/mol. The summed E-state index contributed by atoms with van der Waals surface area (Å²) >= 11 is 0. The van der Waals surface area contributed by atoms with Crippen LogP contribution in [0.2, 0.25) is 18.1 Å². The van der Waals surface area contributed by atoms with E-state index >= 15 is 0 Å². The Labute approximate surface area is 258 Å². The van der Waals surface area contributed by atoms with Crippen molar-refractivity contribution >= 4 is 20.3 Å². The average molecular weight is 613 g/mol. The first-order chi connectivity index (χ1) is 20.2. The molecule has 43 heavy (non-hydrogen) atoms. The topological polar surface area (TPSA) is 91.3 Å². The van der Waals surface area contributed by atoms with Gasteiger partial charge in [-0.3, -0.25) is 4.79 Å². The Bertz CT molecular complexity index is 1230. The smallest absolute Gasteiger partial charge is 0.338 e. The van der Waals surface area contributed by atoms with Crippen LogP contribution >= 0.6 is 0 Å². The van der Waals surface area contributed by atoms with Crippen LogP contribution < -0.4 is 0 Å². The Morgan fingerprint density at radius 3 is 2.26 bits per heavy atom. The lowest BCUT2D eigenvalue weighted by atomic mass is 9.47. The van der Waals surface area contributed by atoms with Gasteiger partial charge in [0.25, 0.3) is 0 Å². The maximum Gasteiger partial charge on any atom is 0.338 e. The highest BCUT2D eigenvalue weighted by Gasteiger charge is 2.69. The Balaban J connectivity index is 1.73. The maximum atomic E-state index is 14.0. The van der Waals surface area contributed by atoms with Crippen LogP contribution in [0.15, 0.2) is 41.5 Å². The van der Waals surface area contributed by atoms with Gasteiger partial charge in [-0.2, -0.15) is 0 Å². The average Bonchev–Trinajstić information content (AvgIpc) is 2.93. The number of aliphatic hydroxyl groups is 1. The molecule has 0 spiro atoms. The predicted octanol–water partition coefficient (Wildman–Crippen LogP) is 6.85. The van der Waals surface area contributed by atoms with E-state index in [1.807, 2.05) is 18.2 Å². The van der Waals surface area contributed by atoms with Crippen molar-refractivity contribution in [3.63, 3.8) is 0 Å². The molecule has 0 unspecified atom stereocenters. The molecule has 3 fully saturated rings. The highest BCUT2D eigenvalue weighted by atomic mass is 28.4. The third kappa shape index (κ3) is 5.44. The number of benzene rings is 1. The molecule has 2 saturated carbocycles. The third-order valence-electron chi connectivity index (χ3n) is 11.8. The standard InChI is InChI=1S/C35H52O7Si/c1-9-43(10-2,11-3)42-25-19-22(4)28-26(40-23(5)36)20-34(8)18-17-27-35(38,21-39-27)31(34)30(29(25)33(28,6)7)41-32(37)24-15-13-12-14-16-24/h12-16,25-27,29-31,38H,9-11,17-21H2,1-8H3/t25-,26-,27+,29-,30+,31-,34-,35-/m0/s1.